The van der Waals surface area contributed by atoms with Gasteiger partial charge in [-0.3, -0.25) is 24.9 Å². The third-order valence-electron chi connectivity index (χ3n) is 10.2. The van der Waals surface area contributed by atoms with Crippen LogP contribution >= 0.6 is 0 Å². The lowest BCUT2D eigenvalue weighted by molar-refractivity contribution is -0.126. The number of rotatable bonds is 10. The van der Waals surface area contributed by atoms with Gasteiger partial charge in [0.15, 0.2) is 5.66 Å². The van der Waals surface area contributed by atoms with Crippen LogP contribution in [0.25, 0.3) is 21.5 Å². The van der Waals surface area contributed by atoms with Gasteiger partial charge in [0.1, 0.15) is 22.9 Å². The number of nitrogens with zero attached hydrogens (tertiary/aromatic N) is 2. The van der Waals surface area contributed by atoms with E-state index in [1.807, 2.05) is 0 Å². The Morgan fingerprint density at radius 2 is 1.29 bits per heavy atom. The number of carbonyl (C=O) groups excluding carboxylic acids is 2. The molecule has 0 spiro atoms. The summed E-state index contributed by atoms with van der Waals surface area (Å²) < 4.78 is 11.8. The van der Waals surface area contributed by atoms with Crippen molar-refractivity contribution in [3.63, 3.8) is 0 Å². The second-order valence-corrected chi connectivity index (χ2v) is 13.1. The average molecular weight is 657 g/mol. The van der Waals surface area contributed by atoms with E-state index in [9.17, 15) is 14.4 Å². The number of aromatic amines is 2. The van der Waals surface area contributed by atoms with Crippen LogP contribution in [0.15, 0.2) is 58.4 Å². The summed E-state index contributed by atoms with van der Waals surface area (Å²) in [6.45, 7) is 0. The zero-order valence-electron chi connectivity index (χ0n) is 27.6. The number of ether oxygens (including phenoxy) is 2. The molecule has 6 N–H and O–H groups in total. The van der Waals surface area contributed by atoms with Gasteiger partial charge in [0.25, 0.3) is 17.0 Å². The van der Waals surface area contributed by atoms with Crippen molar-refractivity contribution in [3.05, 3.63) is 69.5 Å². The van der Waals surface area contributed by atoms with Crippen LogP contribution in [0.3, 0.4) is 0 Å². The summed E-state index contributed by atoms with van der Waals surface area (Å²) in [7, 11) is 2.92. The molecule has 2 heterocycles. The van der Waals surface area contributed by atoms with Gasteiger partial charge in [-0.05, 0) is 78.8 Å². The number of hydrogen-bond donors (Lipinski definition) is 4. The van der Waals surface area contributed by atoms with Crippen molar-refractivity contribution < 1.29 is 19.1 Å². The number of fused-ring (bicyclic) bond motifs is 2. The smallest absolute Gasteiger partial charge is 0.260 e. The zero-order valence-corrected chi connectivity index (χ0v) is 27.6. The number of aromatic nitrogens is 2. The third kappa shape index (κ3) is 6.00. The highest BCUT2D eigenvalue weighted by atomic mass is 16.5. The molecule has 2 aliphatic rings. The predicted molar refractivity (Wildman–Crippen MR) is 186 cm³/mol. The van der Waals surface area contributed by atoms with E-state index < -0.39 is 17.5 Å². The fourth-order valence-corrected chi connectivity index (χ4v) is 7.64. The van der Waals surface area contributed by atoms with Crippen molar-refractivity contribution in [2.45, 2.75) is 76.3 Å². The molecule has 2 aromatic heterocycles. The number of hydrogen-bond acceptors (Lipinski definition) is 8. The lowest BCUT2D eigenvalue weighted by Crippen LogP contribution is -2.74. The van der Waals surface area contributed by atoms with Crippen LogP contribution in [0.1, 0.15) is 70.6 Å². The molecule has 48 heavy (non-hydrogen) atoms. The Morgan fingerprint density at radius 1 is 0.792 bits per heavy atom. The lowest BCUT2D eigenvalue weighted by atomic mass is 9.79. The van der Waals surface area contributed by atoms with E-state index in [1.54, 1.807) is 36.4 Å². The highest BCUT2D eigenvalue weighted by Crippen LogP contribution is 2.45. The number of pyridine rings is 2. The fraction of sp³-hybridized carbons (Fsp3) is 0.444. The van der Waals surface area contributed by atoms with Gasteiger partial charge >= 0.3 is 0 Å². The van der Waals surface area contributed by atoms with Crippen LogP contribution in [-0.4, -0.2) is 41.7 Å². The van der Waals surface area contributed by atoms with Crippen molar-refractivity contribution in [2.75, 3.05) is 24.2 Å². The normalized spacial score (nSPS) is 17.1. The molecule has 2 aromatic carbocycles. The minimum Gasteiger partial charge on any atom is -0.494 e. The lowest BCUT2D eigenvalue weighted by Gasteiger charge is -2.51. The number of hydrazine groups is 1. The maximum atomic E-state index is 15.0. The van der Waals surface area contributed by atoms with Crippen molar-refractivity contribution in [1.29, 1.82) is 0 Å². The molecule has 12 nitrogen and oxygen atoms in total. The molecule has 2 saturated carbocycles. The zero-order chi connectivity index (χ0) is 34.0. The molecule has 4 aromatic rings. The van der Waals surface area contributed by atoms with Crippen LogP contribution in [0.2, 0.25) is 0 Å². The molecular weight excluding hydrogens is 612 g/mol. The summed E-state index contributed by atoms with van der Waals surface area (Å²) in [4.78, 5) is 60.1. The fourth-order valence-electron chi connectivity index (χ4n) is 7.64. The van der Waals surface area contributed by atoms with E-state index in [2.05, 4.69) is 9.97 Å². The largest absolute Gasteiger partial charge is 0.494 e. The van der Waals surface area contributed by atoms with Crippen LogP contribution in [0, 0.1) is 11.8 Å². The molecule has 0 aliphatic heterocycles. The molecule has 0 bridgehead atoms. The first kappa shape index (κ1) is 33.1. The summed E-state index contributed by atoms with van der Waals surface area (Å²) >= 11 is 0. The Labute approximate surface area is 278 Å². The van der Waals surface area contributed by atoms with E-state index in [0.717, 1.165) is 51.4 Å². The number of methoxy groups -OCH3 is 2. The number of H-pyrrole nitrogens is 2. The van der Waals surface area contributed by atoms with Gasteiger partial charge < -0.3 is 25.2 Å². The number of benzene rings is 2. The molecule has 0 saturated heterocycles. The molecule has 2 fully saturated rings. The Kier molecular flexibility index (Phi) is 9.45. The second kappa shape index (κ2) is 13.7. The first-order chi connectivity index (χ1) is 23.2. The summed E-state index contributed by atoms with van der Waals surface area (Å²) in [6, 6.07) is 10.0. The minimum absolute atomic E-state index is 0.123. The topological polar surface area (TPSA) is 177 Å². The molecule has 2 amide bonds. The molecule has 0 unspecified atom stereocenters. The van der Waals surface area contributed by atoms with Gasteiger partial charge in [-0.1, -0.05) is 38.5 Å². The average Bonchev–Trinajstić information content (AvgIpc) is 3.10. The Balaban J connectivity index is 1.69. The van der Waals surface area contributed by atoms with Crippen LogP contribution in [0.4, 0.5) is 11.4 Å². The van der Waals surface area contributed by atoms with Gasteiger partial charge in [-0.2, -0.15) is 0 Å². The summed E-state index contributed by atoms with van der Waals surface area (Å²) in [5, 5.41) is 4.75. The maximum absolute atomic E-state index is 15.0. The van der Waals surface area contributed by atoms with E-state index >= 15 is 4.79 Å². The van der Waals surface area contributed by atoms with E-state index in [1.165, 1.54) is 36.6 Å². The SMILES string of the molecule is COc1cc2c(=O)[nH]ccc2cc1N(C(=O)CC1CCCCC1)N(c1cc2cc[nH]c(=O)c2cc1OC)[C@@](N)(C(N)=O)C1CCCCC1. The van der Waals surface area contributed by atoms with Gasteiger partial charge in [-0.25, -0.2) is 10.0 Å². The molecule has 254 valence electrons. The number of amides is 2. The van der Waals surface area contributed by atoms with Crippen molar-refractivity contribution in [3.8, 4) is 11.5 Å². The maximum Gasteiger partial charge on any atom is 0.260 e. The molecule has 0 radical (unpaired) electrons. The third-order valence-corrected chi connectivity index (χ3v) is 10.2. The van der Waals surface area contributed by atoms with Crippen molar-refractivity contribution in [1.82, 2.24) is 9.97 Å². The minimum atomic E-state index is -1.92. The first-order valence-electron chi connectivity index (χ1n) is 16.8. The Hall–Kier alpha value is -4.84. The molecular formula is C36H44N6O6. The molecule has 6 rings (SSSR count). The highest BCUT2D eigenvalue weighted by molar-refractivity contribution is 6.04. The number of primary amides is 1. The standard InChI is InChI=1S/C36H44N6O6/c1-47-30-20-26-23(13-15-39-33(26)44)18-28(30)41(32(43)17-22-9-5-3-6-10-22)42(36(38,35(37)46)25-11-7-4-8-12-25)29-19-24-14-16-40-34(45)27(24)21-31(29)48-2/h13-16,18-22,25H,3-12,17,38H2,1-2H3,(H2,37,46)(H,39,44)(H,40,45)/t36-/m1/s1. The molecule has 1 atom stereocenters. The van der Waals surface area contributed by atoms with Gasteiger partial charge in [0.2, 0.25) is 5.91 Å². The summed E-state index contributed by atoms with van der Waals surface area (Å²) in [6.07, 6.45) is 12.1. The summed E-state index contributed by atoms with van der Waals surface area (Å²) in [5.41, 5.74) is 11.7. The molecule has 12 heteroatoms. The quantitative estimate of drug-likeness (QED) is 0.139. The number of nitrogens with two attached hydrogens (primary N) is 2. The van der Waals surface area contributed by atoms with Crippen LogP contribution in [0.5, 0.6) is 11.5 Å². The van der Waals surface area contributed by atoms with Gasteiger partial charge in [-0.15, -0.1) is 0 Å². The Morgan fingerprint density at radius 3 is 1.81 bits per heavy atom. The van der Waals surface area contributed by atoms with Gasteiger partial charge in [0, 0.05) is 24.7 Å². The van der Waals surface area contributed by atoms with E-state index in [0.29, 0.717) is 34.4 Å². The van der Waals surface area contributed by atoms with E-state index in [4.69, 9.17) is 20.9 Å². The van der Waals surface area contributed by atoms with Crippen molar-refractivity contribution in [2.24, 2.45) is 23.3 Å². The van der Waals surface area contributed by atoms with Gasteiger partial charge in [0.05, 0.1) is 25.0 Å². The number of anilines is 2. The molecule has 2 aliphatic carbocycles. The van der Waals surface area contributed by atoms with Crippen LogP contribution in [-0.2, 0) is 9.59 Å². The second-order valence-electron chi connectivity index (χ2n) is 13.1. The monoisotopic (exact) mass is 656 g/mol. The first-order valence-corrected chi connectivity index (χ1v) is 16.8. The van der Waals surface area contributed by atoms with E-state index in [-0.39, 0.29) is 52.2 Å². The highest BCUT2D eigenvalue weighted by Gasteiger charge is 2.52. The van der Waals surface area contributed by atoms with Crippen molar-refractivity contribution >= 4 is 44.7 Å². The van der Waals surface area contributed by atoms with Crippen LogP contribution < -0.4 is 42.1 Å². The predicted octanol–water partition coefficient (Wildman–Crippen LogP) is 4.83. The Bertz CT molecular complexity index is 1940. The number of carbonyl (C=O) groups is 2. The number of nitrogens with one attached hydrogen (secondary N) is 2. The summed E-state index contributed by atoms with van der Waals surface area (Å²) in [5.74, 6) is -0.982.